The molecule has 0 N–H and O–H groups in total. The molecule has 0 saturated heterocycles. The Morgan fingerprint density at radius 1 is 0.867 bits per heavy atom. The van der Waals surface area contributed by atoms with E-state index in [-0.39, 0.29) is 0 Å². The third kappa shape index (κ3) is 2.02. The van der Waals surface area contributed by atoms with Gasteiger partial charge in [0.15, 0.2) is 11.6 Å². The van der Waals surface area contributed by atoms with E-state index in [0.29, 0.717) is 5.56 Å². The highest BCUT2D eigenvalue weighted by molar-refractivity contribution is 7.80. The van der Waals surface area contributed by atoms with Crippen molar-refractivity contribution >= 4 is 12.6 Å². The van der Waals surface area contributed by atoms with Gasteiger partial charge in [-0.2, -0.15) is 0 Å². The molecular formula is C12H8F2S. The molecule has 2 aromatic carbocycles. The molecule has 0 atom stereocenters. The lowest BCUT2D eigenvalue weighted by Crippen LogP contribution is -1.86. The Kier molecular flexibility index (Phi) is 2.73. The summed E-state index contributed by atoms with van der Waals surface area (Å²) in [5.41, 5.74) is 1.42. The minimum Gasteiger partial charge on any atom is -0.204 e. The number of rotatable bonds is 1. The highest BCUT2D eigenvalue weighted by Gasteiger charge is 2.05. The molecule has 0 saturated carbocycles. The van der Waals surface area contributed by atoms with E-state index in [1.807, 2.05) is 18.2 Å². The molecule has 0 fully saturated rings. The summed E-state index contributed by atoms with van der Waals surface area (Å²) in [6, 6.07) is 11.1. The van der Waals surface area contributed by atoms with Crippen LogP contribution in [0.4, 0.5) is 8.78 Å². The van der Waals surface area contributed by atoms with Crippen molar-refractivity contribution in [3.8, 4) is 11.1 Å². The van der Waals surface area contributed by atoms with Crippen LogP contribution in [0.15, 0.2) is 47.4 Å². The van der Waals surface area contributed by atoms with Gasteiger partial charge >= 0.3 is 0 Å². The molecule has 0 amide bonds. The molecular weight excluding hydrogens is 214 g/mol. The quantitative estimate of drug-likeness (QED) is 0.694. The monoisotopic (exact) mass is 222 g/mol. The van der Waals surface area contributed by atoms with Gasteiger partial charge in [-0.1, -0.05) is 24.3 Å². The van der Waals surface area contributed by atoms with Gasteiger partial charge in [0.1, 0.15) is 0 Å². The molecule has 0 radical (unpaired) electrons. The fourth-order valence-electron chi connectivity index (χ4n) is 1.38. The first-order valence-corrected chi connectivity index (χ1v) is 4.86. The van der Waals surface area contributed by atoms with Crippen LogP contribution in [0.1, 0.15) is 0 Å². The molecule has 0 aliphatic heterocycles. The Balaban J connectivity index is 2.55. The summed E-state index contributed by atoms with van der Waals surface area (Å²) < 4.78 is 25.7. The number of hydrogen-bond donors (Lipinski definition) is 1. The zero-order valence-electron chi connectivity index (χ0n) is 7.74. The maximum atomic E-state index is 13.0. The normalized spacial score (nSPS) is 10.3. The summed E-state index contributed by atoms with van der Waals surface area (Å²) in [4.78, 5) is 0.739. The van der Waals surface area contributed by atoms with Crippen LogP contribution in [0.5, 0.6) is 0 Å². The van der Waals surface area contributed by atoms with Crippen LogP contribution >= 0.6 is 12.6 Å². The van der Waals surface area contributed by atoms with Gasteiger partial charge < -0.3 is 0 Å². The Hall–Kier alpha value is -1.35. The Morgan fingerprint density at radius 2 is 1.60 bits per heavy atom. The molecule has 0 spiro atoms. The third-order valence-electron chi connectivity index (χ3n) is 2.13. The van der Waals surface area contributed by atoms with Crippen molar-refractivity contribution in [2.75, 3.05) is 0 Å². The van der Waals surface area contributed by atoms with Gasteiger partial charge in [0.05, 0.1) is 0 Å². The van der Waals surface area contributed by atoms with Crippen LogP contribution in [0.3, 0.4) is 0 Å². The standard InChI is InChI=1S/C12H8F2S/c13-10-6-5-8(7-11(10)14)9-3-1-2-4-12(9)15/h1-7,15H. The van der Waals surface area contributed by atoms with Crippen molar-refractivity contribution < 1.29 is 8.78 Å². The summed E-state index contributed by atoms with van der Waals surface area (Å²) >= 11 is 4.25. The molecule has 0 aromatic heterocycles. The van der Waals surface area contributed by atoms with Crippen molar-refractivity contribution in [3.63, 3.8) is 0 Å². The lowest BCUT2D eigenvalue weighted by Gasteiger charge is -2.05. The molecule has 76 valence electrons. The van der Waals surface area contributed by atoms with Gasteiger partial charge in [0.25, 0.3) is 0 Å². The molecule has 0 unspecified atom stereocenters. The molecule has 0 nitrogen and oxygen atoms in total. The van der Waals surface area contributed by atoms with Gasteiger partial charge in [0, 0.05) is 4.90 Å². The maximum Gasteiger partial charge on any atom is 0.159 e. The van der Waals surface area contributed by atoms with Crippen LogP contribution in [0, 0.1) is 11.6 Å². The summed E-state index contributed by atoms with van der Waals surface area (Å²) in [6.45, 7) is 0. The molecule has 2 rings (SSSR count). The number of halogens is 2. The van der Waals surface area contributed by atoms with E-state index in [1.165, 1.54) is 12.1 Å². The fraction of sp³-hybridized carbons (Fsp3) is 0. The second kappa shape index (κ2) is 4.03. The van der Waals surface area contributed by atoms with E-state index in [9.17, 15) is 8.78 Å². The van der Waals surface area contributed by atoms with E-state index in [4.69, 9.17) is 0 Å². The number of thiol groups is 1. The first-order valence-electron chi connectivity index (χ1n) is 4.42. The minimum atomic E-state index is -0.843. The zero-order valence-corrected chi connectivity index (χ0v) is 8.64. The first kappa shape index (κ1) is 10.2. The number of hydrogen-bond acceptors (Lipinski definition) is 1. The molecule has 0 bridgehead atoms. The van der Waals surface area contributed by atoms with Gasteiger partial charge in [-0.3, -0.25) is 0 Å². The van der Waals surface area contributed by atoms with Gasteiger partial charge in [-0.25, -0.2) is 8.78 Å². The smallest absolute Gasteiger partial charge is 0.159 e. The highest BCUT2D eigenvalue weighted by atomic mass is 32.1. The lowest BCUT2D eigenvalue weighted by molar-refractivity contribution is 0.509. The summed E-state index contributed by atoms with van der Waals surface area (Å²) in [5, 5.41) is 0. The lowest BCUT2D eigenvalue weighted by atomic mass is 10.1. The van der Waals surface area contributed by atoms with Crippen LogP contribution in [0.25, 0.3) is 11.1 Å². The highest BCUT2D eigenvalue weighted by Crippen LogP contribution is 2.27. The second-order valence-corrected chi connectivity index (χ2v) is 3.63. The van der Waals surface area contributed by atoms with E-state index in [2.05, 4.69) is 12.6 Å². The van der Waals surface area contributed by atoms with Crippen LogP contribution in [-0.4, -0.2) is 0 Å². The maximum absolute atomic E-state index is 13.0. The minimum absolute atomic E-state index is 0.625. The summed E-state index contributed by atoms with van der Waals surface area (Å²) in [5.74, 6) is -1.68. The van der Waals surface area contributed by atoms with Crippen LogP contribution < -0.4 is 0 Å². The Bertz CT molecular complexity index is 495. The van der Waals surface area contributed by atoms with E-state index < -0.39 is 11.6 Å². The van der Waals surface area contributed by atoms with Gasteiger partial charge in [0.2, 0.25) is 0 Å². The Labute approximate surface area is 92.0 Å². The molecule has 3 heteroatoms. The largest absolute Gasteiger partial charge is 0.204 e. The van der Waals surface area contributed by atoms with Crippen molar-refractivity contribution in [1.82, 2.24) is 0 Å². The number of benzene rings is 2. The van der Waals surface area contributed by atoms with Crippen LogP contribution in [-0.2, 0) is 0 Å². The fourth-order valence-corrected chi connectivity index (χ4v) is 1.67. The second-order valence-electron chi connectivity index (χ2n) is 3.15. The molecule has 0 heterocycles. The molecule has 15 heavy (non-hydrogen) atoms. The third-order valence-corrected chi connectivity index (χ3v) is 2.52. The van der Waals surface area contributed by atoms with Crippen molar-refractivity contribution in [3.05, 3.63) is 54.1 Å². The molecule has 2 aromatic rings. The average molecular weight is 222 g/mol. The van der Waals surface area contributed by atoms with Crippen molar-refractivity contribution in [2.24, 2.45) is 0 Å². The van der Waals surface area contributed by atoms with Gasteiger partial charge in [-0.15, -0.1) is 12.6 Å². The van der Waals surface area contributed by atoms with Crippen LogP contribution in [0.2, 0.25) is 0 Å². The SMILES string of the molecule is Fc1ccc(-c2ccccc2S)cc1F. The van der Waals surface area contributed by atoms with Crippen molar-refractivity contribution in [2.45, 2.75) is 4.90 Å². The summed E-state index contributed by atoms with van der Waals surface area (Å²) in [6.07, 6.45) is 0. The van der Waals surface area contributed by atoms with E-state index >= 15 is 0 Å². The van der Waals surface area contributed by atoms with E-state index in [0.717, 1.165) is 16.5 Å². The predicted octanol–water partition coefficient (Wildman–Crippen LogP) is 3.92. The first-order chi connectivity index (χ1) is 7.18. The topological polar surface area (TPSA) is 0 Å². The summed E-state index contributed by atoms with van der Waals surface area (Å²) in [7, 11) is 0. The Morgan fingerprint density at radius 3 is 2.27 bits per heavy atom. The predicted molar refractivity (Wildman–Crippen MR) is 59.0 cm³/mol. The zero-order chi connectivity index (χ0) is 10.8. The van der Waals surface area contributed by atoms with Crippen molar-refractivity contribution in [1.29, 1.82) is 0 Å². The average Bonchev–Trinajstić information content (AvgIpc) is 2.23. The van der Waals surface area contributed by atoms with E-state index in [1.54, 1.807) is 6.07 Å². The molecule has 0 aliphatic carbocycles. The van der Waals surface area contributed by atoms with Gasteiger partial charge in [-0.05, 0) is 29.3 Å². The molecule has 0 aliphatic rings.